The highest BCUT2D eigenvalue weighted by Gasteiger charge is 2.17. The Labute approximate surface area is 209 Å². The number of halogens is 2. The summed E-state index contributed by atoms with van der Waals surface area (Å²) in [7, 11) is 1.38. The molecule has 2 aromatic carbocycles. The quantitative estimate of drug-likeness (QED) is 0.340. The monoisotopic (exact) mass is 578 g/mol. The lowest BCUT2D eigenvalue weighted by atomic mass is 10.0. The molecule has 2 aliphatic heterocycles. The number of carboxylic acid groups (broad SMARTS) is 1. The first-order chi connectivity index (χ1) is 15.7. The van der Waals surface area contributed by atoms with Gasteiger partial charge in [0.25, 0.3) is 0 Å². The van der Waals surface area contributed by atoms with Gasteiger partial charge < -0.3 is 19.3 Å². The molecule has 2 aliphatic rings. The number of ether oxygens (including phenoxy) is 3. The third kappa shape index (κ3) is 6.26. The average Bonchev–Trinajstić information content (AvgIpc) is 3.07. The summed E-state index contributed by atoms with van der Waals surface area (Å²) in [5.74, 6) is 0.303. The van der Waals surface area contributed by atoms with E-state index in [1.54, 1.807) is 18.2 Å². The minimum absolute atomic E-state index is 0.281. The number of esters is 1. The van der Waals surface area contributed by atoms with E-state index in [0.29, 0.717) is 23.2 Å². The summed E-state index contributed by atoms with van der Waals surface area (Å²) < 4.78 is 17.4. The van der Waals surface area contributed by atoms with Gasteiger partial charge in [-0.2, -0.15) is 0 Å². The normalized spacial score (nSPS) is 14.3. The largest absolute Gasteiger partial charge is 0.488 e. The highest BCUT2D eigenvalue weighted by molar-refractivity contribution is 9.11. The van der Waals surface area contributed by atoms with E-state index in [1.807, 2.05) is 25.1 Å². The maximum atomic E-state index is 11.5. The van der Waals surface area contributed by atoms with Crippen molar-refractivity contribution in [3.63, 3.8) is 0 Å². The van der Waals surface area contributed by atoms with Crippen molar-refractivity contribution in [2.45, 2.75) is 26.7 Å². The number of allylic oxidation sites excluding steroid dienone is 2. The molecule has 1 N–H and O–H groups in total. The lowest BCUT2D eigenvalue weighted by Crippen LogP contribution is -2.04. The van der Waals surface area contributed by atoms with E-state index in [0.717, 1.165) is 39.9 Å². The number of methoxy groups -OCH3 is 1. The number of fused-ring (bicyclic) bond motifs is 2. The summed E-state index contributed by atoms with van der Waals surface area (Å²) in [5, 5.41) is 8.97. The van der Waals surface area contributed by atoms with Crippen LogP contribution < -0.4 is 9.47 Å². The molecule has 0 saturated carbocycles. The van der Waals surface area contributed by atoms with Crippen LogP contribution in [0.4, 0.5) is 0 Å². The fraction of sp³-hybridized carbons (Fsp3) is 0.280. The third-order valence-electron chi connectivity index (χ3n) is 5.17. The molecule has 0 aliphatic carbocycles. The Morgan fingerprint density at radius 1 is 0.848 bits per heavy atom. The molecule has 6 nitrogen and oxygen atoms in total. The van der Waals surface area contributed by atoms with E-state index >= 15 is 0 Å². The number of carboxylic acids is 1. The highest BCUT2D eigenvalue weighted by atomic mass is 79.9. The lowest BCUT2D eigenvalue weighted by molar-refractivity contribution is 0.0599. The van der Waals surface area contributed by atoms with Gasteiger partial charge in [0.05, 0.1) is 27.2 Å². The van der Waals surface area contributed by atoms with Crippen molar-refractivity contribution in [3.05, 3.63) is 78.8 Å². The van der Waals surface area contributed by atoms with Gasteiger partial charge in [-0.15, -0.1) is 0 Å². The summed E-state index contributed by atoms with van der Waals surface area (Å²) in [4.78, 5) is 22.5. The van der Waals surface area contributed by atoms with Crippen LogP contribution in [0.1, 0.15) is 45.7 Å². The molecular formula is C25H24Br2O6. The summed E-state index contributed by atoms with van der Waals surface area (Å²) in [6, 6.07) is 6.80. The summed E-state index contributed by atoms with van der Waals surface area (Å²) >= 11 is 6.77. The first-order valence-corrected chi connectivity index (χ1v) is 11.8. The van der Waals surface area contributed by atoms with E-state index in [1.165, 1.54) is 18.3 Å². The van der Waals surface area contributed by atoms with Crippen molar-refractivity contribution < 1.29 is 28.9 Å². The maximum absolute atomic E-state index is 11.5. The van der Waals surface area contributed by atoms with Gasteiger partial charge in [-0.1, -0.05) is 11.1 Å². The summed E-state index contributed by atoms with van der Waals surface area (Å²) in [5.41, 5.74) is 5.16. The molecule has 2 heterocycles. The molecule has 0 radical (unpaired) electrons. The molecule has 33 heavy (non-hydrogen) atoms. The Morgan fingerprint density at radius 3 is 1.76 bits per heavy atom. The number of aromatic carboxylic acids is 1. The summed E-state index contributed by atoms with van der Waals surface area (Å²) in [6.45, 7) is 5.16. The summed E-state index contributed by atoms with van der Waals surface area (Å²) in [6.07, 6.45) is 5.57. The number of rotatable bonds is 2. The molecule has 2 aromatic rings. The van der Waals surface area contributed by atoms with Gasteiger partial charge in [-0.3, -0.25) is 0 Å². The Balaban J connectivity index is 0.000000186. The molecule has 0 fully saturated rings. The maximum Gasteiger partial charge on any atom is 0.337 e. The van der Waals surface area contributed by atoms with Crippen molar-refractivity contribution in [3.8, 4) is 11.5 Å². The zero-order valence-electron chi connectivity index (χ0n) is 18.5. The van der Waals surface area contributed by atoms with E-state index in [-0.39, 0.29) is 11.5 Å². The fourth-order valence-electron chi connectivity index (χ4n) is 3.53. The second kappa shape index (κ2) is 11.0. The zero-order chi connectivity index (χ0) is 24.1. The van der Waals surface area contributed by atoms with Crippen LogP contribution in [-0.2, 0) is 17.6 Å². The first-order valence-electron chi connectivity index (χ1n) is 10.2. The Morgan fingerprint density at radius 2 is 1.30 bits per heavy atom. The Hall–Kier alpha value is -2.58. The molecule has 0 saturated heterocycles. The number of hydrogen-bond donors (Lipinski definition) is 1. The molecule has 0 spiro atoms. The zero-order valence-corrected chi connectivity index (χ0v) is 21.7. The molecule has 0 unspecified atom stereocenters. The van der Waals surface area contributed by atoms with Crippen LogP contribution in [-0.4, -0.2) is 37.4 Å². The number of benzene rings is 2. The van der Waals surface area contributed by atoms with E-state index in [9.17, 15) is 9.59 Å². The molecule has 0 amide bonds. The average molecular weight is 580 g/mol. The standard InChI is InChI=1S/C13H13BrO3.C12H11BrO3/c1-8-3-4-17-12-9(5-8)6-10(7-11(12)14)13(15)16-2;1-7-2-3-16-11-8(4-7)5-9(12(14)15)6-10(11)13/h3,6-7H,4-5H2,1-2H3;2,5-6H,3-4H2,1H3,(H,14,15). The second-order valence-electron chi connectivity index (χ2n) is 7.77. The van der Waals surface area contributed by atoms with Crippen molar-refractivity contribution in [1.82, 2.24) is 0 Å². The van der Waals surface area contributed by atoms with Crippen molar-refractivity contribution in [2.24, 2.45) is 0 Å². The number of carbonyl (C=O) groups is 2. The van der Waals surface area contributed by atoms with Gasteiger partial charge in [-0.25, -0.2) is 9.59 Å². The molecular weight excluding hydrogens is 556 g/mol. The smallest absolute Gasteiger partial charge is 0.337 e. The molecule has 174 valence electrons. The fourth-order valence-corrected chi connectivity index (χ4v) is 4.76. The minimum Gasteiger partial charge on any atom is -0.488 e. The molecule has 0 atom stereocenters. The van der Waals surface area contributed by atoms with Crippen LogP contribution in [0.3, 0.4) is 0 Å². The highest BCUT2D eigenvalue weighted by Crippen LogP contribution is 2.35. The van der Waals surface area contributed by atoms with Crippen LogP contribution in [0.25, 0.3) is 0 Å². The van der Waals surface area contributed by atoms with E-state index in [2.05, 4.69) is 38.8 Å². The van der Waals surface area contributed by atoms with E-state index in [4.69, 9.17) is 19.3 Å². The third-order valence-corrected chi connectivity index (χ3v) is 6.34. The van der Waals surface area contributed by atoms with Gasteiger partial charge >= 0.3 is 11.9 Å². The van der Waals surface area contributed by atoms with E-state index < -0.39 is 5.97 Å². The second-order valence-corrected chi connectivity index (χ2v) is 9.47. The van der Waals surface area contributed by atoms with Gasteiger partial charge in [0.1, 0.15) is 24.7 Å². The molecule has 8 heteroatoms. The SMILES string of the molecule is CC1=CCOc2c(Br)cc(C(=O)O)cc2C1.COC(=O)c1cc(Br)c2c(c1)CC(C)=CCO2. The molecule has 4 rings (SSSR count). The predicted octanol–water partition coefficient (Wildman–Crippen LogP) is 6.15. The van der Waals surface area contributed by atoms with Crippen LogP contribution in [0.2, 0.25) is 0 Å². The van der Waals surface area contributed by atoms with Crippen LogP contribution in [0.5, 0.6) is 11.5 Å². The van der Waals surface area contributed by atoms with Gasteiger partial charge in [0.2, 0.25) is 0 Å². The van der Waals surface area contributed by atoms with Crippen molar-refractivity contribution in [1.29, 1.82) is 0 Å². The number of carbonyl (C=O) groups excluding carboxylic acids is 1. The molecule has 0 bridgehead atoms. The Kier molecular flexibility index (Phi) is 8.37. The van der Waals surface area contributed by atoms with Gasteiger partial charge in [0, 0.05) is 11.1 Å². The lowest BCUT2D eigenvalue weighted by Gasteiger charge is -2.11. The Bertz CT molecular complexity index is 1150. The van der Waals surface area contributed by atoms with Gasteiger partial charge in [0.15, 0.2) is 0 Å². The predicted molar refractivity (Wildman–Crippen MR) is 132 cm³/mol. The van der Waals surface area contributed by atoms with Crippen LogP contribution in [0.15, 0.2) is 56.5 Å². The topological polar surface area (TPSA) is 82.1 Å². The number of hydrogen-bond acceptors (Lipinski definition) is 5. The van der Waals surface area contributed by atoms with Crippen LogP contribution in [0, 0.1) is 0 Å². The van der Waals surface area contributed by atoms with Crippen LogP contribution >= 0.6 is 31.9 Å². The van der Waals surface area contributed by atoms with Crippen molar-refractivity contribution >= 4 is 43.8 Å². The molecule has 0 aromatic heterocycles. The minimum atomic E-state index is -0.922. The van der Waals surface area contributed by atoms with Gasteiger partial charge in [-0.05, 0) is 95.0 Å². The van der Waals surface area contributed by atoms with Crippen molar-refractivity contribution in [2.75, 3.05) is 20.3 Å². The first kappa shape index (κ1) is 25.1.